The van der Waals surface area contributed by atoms with E-state index >= 15 is 0 Å². The number of phenolic OH excluding ortho intramolecular Hbond substituents is 1. The van der Waals surface area contributed by atoms with Gasteiger partial charge in [0.1, 0.15) is 12.5 Å². The number of nitrogens with zero attached hydrogens (tertiary/aromatic N) is 2. The van der Waals surface area contributed by atoms with E-state index in [4.69, 9.17) is 4.74 Å². The summed E-state index contributed by atoms with van der Waals surface area (Å²) in [6.07, 6.45) is 1.65. The molecule has 96 valence electrons. The van der Waals surface area contributed by atoms with Crippen molar-refractivity contribution in [2.45, 2.75) is 6.73 Å². The Morgan fingerprint density at radius 2 is 2.16 bits per heavy atom. The highest BCUT2D eigenvalue weighted by molar-refractivity contribution is 6.03. The number of hydrogen-bond acceptors (Lipinski definition) is 4. The molecule has 0 aliphatic heterocycles. The summed E-state index contributed by atoms with van der Waals surface area (Å²) in [6, 6.07) is 8.35. The Morgan fingerprint density at radius 3 is 2.95 bits per heavy atom. The largest absolute Gasteiger partial charge is 0.508 e. The lowest BCUT2D eigenvalue weighted by Gasteiger charge is -2.11. The van der Waals surface area contributed by atoms with E-state index < -0.39 is 0 Å². The van der Waals surface area contributed by atoms with E-state index in [0.717, 1.165) is 5.39 Å². The van der Waals surface area contributed by atoms with Crippen LogP contribution in [0, 0.1) is 0 Å². The molecule has 0 fully saturated rings. The molecule has 0 atom stereocenters. The zero-order chi connectivity index (χ0) is 13.4. The minimum atomic E-state index is -0.178. The number of phenols is 1. The number of benzene rings is 1. The third-order valence-electron chi connectivity index (χ3n) is 3.07. The van der Waals surface area contributed by atoms with E-state index in [0.29, 0.717) is 16.4 Å². The zero-order valence-corrected chi connectivity index (χ0v) is 10.3. The van der Waals surface area contributed by atoms with Crippen molar-refractivity contribution in [1.82, 2.24) is 9.55 Å². The summed E-state index contributed by atoms with van der Waals surface area (Å²) >= 11 is 0. The molecule has 3 rings (SSSR count). The number of aromatic nitrogens is 2. The van der Waals surface area contributed by atoms with E-state index in [1.165, 1.54) is 11.7 Å². The summed E-state index contributed by atoms with van der Waals surface area (Å²) in [6.45, 7) is 0.129. The van der Waals surface area contributed by atoms with Gasteiger partial charge in [-0.25, -0.2) is 0 Å². The summed E-state index contributed by atoms with van der Waals surface area (Å²) < 4.78 is 6.55. The van der Waals surface area contributed by atoms with Crippen molar-refractivity contribution in [2.75, 3.05) is 7.11 Å². The Kier molecular flexibility index (Phi) is 2.68. The molecule has 1 aromatic carbocycles. The van der Waals surface area contributed by atoms with Crippen molar-refractivity contribution < 1.29 is 9.84 Å². The van der Waals surface area contributed by atoms with E-state index in [2.05, 4.69) is 4.98 Å². The fourth-order valence-corrected chi connectivity index (χ4v) is 2.25. The van der Waals surface area contributed by atoms with Crippen LogP contribution in [0.3, 0.4) is 0 Å². The van der Waals surface area contributed by atoms with Crippen LogP contribution in [-0.2, 0) is 11.5 Å². The van der Waals surface area contributed by atoms with Crippen LogP contribution < -0.4 is 5.56 Å². The van der Waals surface area contributed by atoms with Crippen molar-refractivity contribution in [2.24, 2.45) is 0 Å². The number of pyridine rings is 2. The van der Waals surface area contributed by atoms with Gasteiger partial charge in [0, 0.05) is 24.8 Å². The second kappa shape index (κ2) is 4.37. The molecule has 5 nitrogen and oxygen atoms in total. The van der Waals surface area contributed by atoms with Gasteiger partial charge in [-0.1, -0.05) is 0 Å². The smallest absolute Gasteiger partial charge is 0.262 e. The van der Waals surface area contributed by atoms with Gasteiger partial charge >= 0.3 is 0 Å². The standard InChI is InChI=1S/C14H12N2O3/c1-19-8-16-12-7-9(17)4-5-10(12)13-11(14(16)18)3-2-6-15-13/h2-7,17H,8H2,1H3. The van der Waals surface area contributed by atoms with Crippen LogP contribution in [0.25, 0.3) is 21.8 Å². The van der Waals surface area contributed by atoms with Gasteiger partial charge < -0.3 is 9.84 Å². The summed E-state index contributed by atoms with van der Waals surface area (Å²) in [5.41, 5.74) is 1.07. The molecule has 19 heavy (non-hydrogen) atoms. The lowest BCUT2D eigenvalue weighted by atomic mass is 10.1. The first-order chi connectivity index (χ1) is 9.22. The molecule has 0 bridgehead atoms. The molecule has 1 N–H and O–H groups in total. The van der Waals surface area contributed by atoms with Crippen LogP contribution in [0.4, 0.5) is 0 Å². The Balaban J connectivity index is 2.58. The zero-order valence-electron chi connectivity index (χ0n) is 10.3. The van der Waals surface area contributed by atoms with Gasteiger partial charge in [-0.2, -0.15) is 0 Å². The number of ether oxygens (including phenoxy) is 1. The first-order valence-electron chi connectivity index (χ1n) is 5.81. The van der Waals surface area contributed by atoms with Gasteiger partial charge in [0.05, 0.1) is 16.4 Å². The highest BCUT2D eigenvalue weighted by atomic mass is 16.5. The summed E-state index contributed by atoms with van der Waals surface area (Å²) in [4.78, 5) is 16.7. The molecule has 0 spiro atoms. The molecule has 0 aliphatic rings. The molecule has 2 aromatic heterocycles. The Hall–Kier alpha value is -2.40. The Bertz CT molecular complexity index is 824. The Labute approximate surface area is 108 Å². The summed E-state index contributed by atoms with van der Waals surface area (Å²) in [5.74, 6) is 0.104. The second-order valence-electron chi connectivity index (χ2n) is 4.25. The highest BCUT2D eigenvalue weighted by Gasteiger charge is 2.11. The van der Waals surface area contributed by atoms with E-state index in [1.54, 1.807) is 36.5 Å². The van der Waals surface area contributed by atoms with Crippen molar-refractivity contribution in [3.63, 3.8) is 0 Å². The first kappa shape index (κ1) is 11.7. The van der Waals surface area contributed by atoms with Crippen LogP contribution in [0.2, 0.25) is 0 Å². The van der Waals surface area contributed by atoms with Gasteiger partial charge in [0.2, 0.25) is 0 Å². The highest BCUT2D eigenvalue weighted by Crippen LogP contribution is 2.24. The topological polar surface area (TPSA) is 64.4 Å². The quantitative estimate of drug-likeness (QED) is 0.711. The maximum absolute atomic E-state index is 12.4. The van der Waals surface area contributed by atoms with Gasteiger partial charge in [-0.15, -0.1) is 0 Å². The first-order valence-corrected chi connectivity index (χ1v) is 5.81. The number of aromatic hydroxyl groups is 1. The molecular formula is C14H12N2O3. The monoisotopic (exact) mass is 256 g/mol. The molecular weight excluding hydrogens is 244 g/mol. The van der Waals surface area contributed by atoms with Gasteiger partial charge in [-0.3, -0.25) is 14.3 Å². The van der Waals surface area contributed by atoms with Crippen LogP contribution in [0.5, 0.6) is 5.75 Å². The van der Waals surface area contributed by atoms with Gasteiger partial charge in [0.15, 0.2) is 0 Å². The number of fused-ring (bicyclic) bond motifs is 3. The lowest BCUT2D eigenvalue weighted by Crippen LogP contribution is -2.22. The molecule has 0 amide bonds. The summed E-state index contributed by atoms with van der Waals surface area (Å²) in [5, 5.41) is 11.0. The van der Waals surface area contributed by atoms with E-state index in [9.17, 15) is 9.90 Å². The van der Waals surface area contributed by atoms with E-state index in [-0.39, 0.29) is 18.0 Å². The fourth-order valence-electron chi connectivity index (χ4n) is 2.25. The van der Waals surface area contributed by atoms with Crippen molar-refractivity contribution in [3.8, 4) is 5.75 Å². The number of rotatable bonds is 2. The molecule has 0 aliphatic carbocycles. The second-order valence-corrected chi connectivity index (χ2v) is 4.25. The maximum Gasteiger partial charge on any atom is 0.262 e. The summed E-state index contributed by atoms with van der Waals surface area (Å²) in [7, 11) is 1.52. The maximum atomic E-state index is 12.4. The third-order valence-corrected chi connectivity index (χ3v) is 3.07. The minimum absolute atomic E-state index is 0.104. The lowest BCUT2D eigenvalue weighted by molar-refractivity contribution is 0.132. The normalized spacial score (nSPS) is 11.2. The van der Waals surface area contributed by atoms with Gasteiger partial charge in [-0.05, 0) is 24.3 Å². The van der Waals surface area contributed by atoms with Crippen LogP contribution >= 0.6 is 0 Å². The van der Waals surface area contributed by atoms with Crippen molar-refractivity contribution in [3.05, 3.63) is 46.9 Å². The molecule has 2 heterocycles. The molecule has 0 radical (unpaired) electrons. The fraction of sp³-hybridized carbons (Fsp3) is 0.143. The van der Waals surface area contributed by atoms with Gasteiger partial charge in [0.25, 0.3) is 5.56 Å². The predicted octanol–water partition coefficient (Wildman–Crippen LogP) is 1.86. The number of methoxy groups -OCH3 is 1. The number of hydrogen-bond donors (Lipinski definition) is 1. The average Bonchev–Trinajstić information content (AvgIpc) is 2.43. The van der Waals surface area contributed by atoms with Crippen LogP contribution in [0.1, 0.15) is 0 Å². The average molecular weight is 256 g/mol. The molecule has 0 unspecified atom stereocenters. The van der Waals surface area contributed by atoms with Crippen LogP contribution in [-0.4, -0.2) is 21.8 Å². The van der Waals surface area contributed by atoms with Crippen LogP contribution in [0.15, 0.2) is 41.3 Å². The minimum Gasteiger partial charge on any atom is -0.508 e. The van der Waals surface area contributed by atoms with Crippen molar-refractivity contribution >= 4 is 21.8 Å². The molecule has 0 saturated heterocycles. The molecule has 3 aromatic rings. The third kappa shape index (κ3) is 1.75. The Morgan fingerprint density at radius 1 is 1.32 bits per heavy atom. The molecule has 0 saturated carbocycles. The SMILES string of the molecule is COCn1c(=O)c2cccnc2c2ccc(O)cc21. The predicted molar refractivity (Wildman–Crippen MR) is 72.2 cm³/mol. The molecule has 5 heteroatoms. The van der Waals surface area contributed by atoms with E-state index in [1.807, 2.05) is 0 Å². The van der Waals surface area contributed by atoms with Crippen molar-refractivity contribution in [1.29, 1.82) is 0 Å².